The highest BCUT2D eigenvalue weighted by Crippen LogP contribution is 2.52. The molecule has 0 bridgehead atoms. The maximum atomic E-state index is 14.6. The van der Waals surface area contributed by atoms with Gasteiger partial charge in [-0.2, -0.15) is 5.26 Å². The van der Waals surface area contributed by atoms with Crippen molar-refractivity contribution >= 4 is 11.5 Å². The van der Waals surface area contributed by atoms with Crippen molar-refractivity contribution in [2.45, 2.75) is 127 Å². The Balaban J connectivity index is 1.38. The number of hydrogen-bond acceptors (Lipinski definition) is 6. The summed E-state index contributed by atoms with van der Waals surface area (Å²) in [6, 6.07) is 7.01. The van der Waals surface area contributed by atoms with Crippen molar-refractivity contribution in [3.8, 4) is 6.07 Å². The second-order valence-corrected chi connectivity index (χ2v) is 13.6. The zero-order valence-corrected chi connectivity index (χ0v) is 25.4. The Morgan fingerprint density at radius 2 is 2.00 bits per heavy atom. The van der Waals surface area contributed by atoms with Gasteiger partial charge < -0.3 is 11.1 Å². The quantitative estimate of drug-likeness (QED) is 0.372. The Labute approximate surface area is 245 Å². The van der Waals surface area contributed by atoms with Gasteiger partial charge in [-0.25, -0.2) is 14.4 Å². The van der Waals surface area contributed by atoms with Gasteiger partial charge in [0.05, 0.1) is 11.3 Å². The zero-order chi connectivity index (χ0) is 28.9. The number of nitrogens with one attached hydrogen (secondary N) is 1. The number of hydrogen-bond donors (Lipinski definition) is 2. The van der Waals surface area contributed by atoms with Crippen molar-refractivity contribution in [2.24, 2.45) is 5.92 Å². The van der Waals surface area contributed by atoms with Gasteiger partial charge in [0.1, 0.15) is 23.9 Å². The van der Waals surface area contributed by atoms with E-state index < -0.39 is 6.17 Å². The Morgan fingerprint density at radius 1 is 1.17 bits per heavy atom. The molecule has 1 aromatic carbocycles. The summed E-state index contributed by atoms with van der Waals surface area (Å²) in [7, 11) is 0. The van der Waals surface area contributed by atoms with Crippen molar-refractivity contribution in [3.63, 3.8) is 0 Å². The first-order valence-corrected chi connectivity index (χ1v) is 16.1. The number of nitrogens with zero attached hydrogens (tertiary/aromatic N) is 4. The Hall–Kier alpha value is -2.72. The van der Waals surface area contributed by atoms with Crippen LogP contribution in [-0.2, 0) is 24.7 Å². The SMILES string of the molecule is CCN1CC(F)CC1(CC)CCc1nc2c(c(NC3CCC3C)n1)CCC1(CCC(C)c3ccc(N)c(C#N)c31)C2. The maximum absolute atomic E-state index is 14.6. The molecule has 1 spiro atoms. The van der Waals surface area contributed by atoms with Crippen LogP contribution in [0.4, 0.5) is 15.9 Å². The first-order valence-electron chi connectivity index (χ1n) is 16.1. The van der Waals surface area contributed by atoms with Crippen LogP contribution in [0.25, 0.3) is 0 Å². The highest BCUT2D eigenvalue weighted by Gasteiger charge is 2.46. The van der Waals surface area contributed by atoms with E-state index in [1.807, 2.05) is 6.07 Å². The molecule has 6 rings (SSSR count). The number of benzene rings is 1. The number of likely N-dealkylation sites (tertiary alicyclic amines) is 1. The van der Waals surface area contributed by atoms with E-state index in [0.717, 1.165) is 75.2 Å². The fraction of sp³-hybridized carbons (Fsp3) is 0.676. The number of fused-ring (bicyclic) bond motifs is 3. The summed E-state index contributed by atoms with van der Waals surface area (Å²) >= 11 is 0. The molecular formula is C34H47FN6. The molecule has 0 amide bonds. The van der Waals surface area contributed by atoms with Crippen molar-refractivity contribution in [1.82, 2.24) is 14.9 Å². The van der Waals surface area contributed by atoms with E-state index in [2.05, 4.69) is 50.0 Å². The minimum Gasteiger partial charge on any atom is -0.398 e. The van der Waals surface area contributed by atoms with Gasteiger partial charge in [0, 0.05) is 41.2 Å². The summed E-state index contributed by atoms with van der Waals surface area (Å²) in [5, 5.41) is 14.0. The predicted octanol–water partition coefficient (Wildman–Crippen LogP) is 6.61. The molecular weight excluding hydrogens is 511 g/mol. The Morgan fingerprint density at radius 3 is 2.68 bits per heavy atom. The molecule has 1 saturated heterocycles. The minimum atomic E-state index is -0.757. The van der Waals surface area contributed by atoms with Crippen LogP contribution >= 0.6 is 0 Å². The molecule has 2 fully saturated rings. The van der Waals surface area contributed by atoms with Gasteiger partial charge in [-0.15, -0.1) is 0 Å². The number of anilines is 2. The summed E-state index contributed by atoms with van der Waals surface area (Å²) in [5.41, 5.74) is 12.2. The predicted molar refractivity (Wildman–Crippen MR) is 163 cm³/mol. The third kappa shape index (κ3) is 4.80. The van der Waals surface area contributed by atoms with Gasteiger partial charge in [-0.1, -0.05) is 33.8 Å². The maximum Gasteiger partial charge on any atom is 0.133 e. The van der Waals surface area contributed by atoms with E-state index in [0.29, 0.717) is 42.1 Å². The van der Waals surface area contributed by atoms with Crippen LogP contribution in [0.3, 0.4) is 0 Å². The first-order chi connectivity index (χ1) is 19.7. The molecule has 2 heterocycles. The fourth-order valence-electron chi connectivity index (χ4n) is 8.64. The van der Waals surface area contributed by atoms with E-state index in [9.17, 15) is 9.65 Å². The second-order valence-electron chi connectivity index (χ2n) is 13.6. The van der Waals surface area contributed by atoms with Gasteiger partial charge in [0.25, 0.3) is 0 Å². The number of nitrogen functional groups attached to an aromatic ring is 1. The molecule has 4 aliphatic rings. The smallest absolute Gasteiger partial charge is 0.133 e. The minimum absolute atomic E-state index is 0.123. The van der Waals surface area contributed by atoms with Crippen LogP contribution in [0.15, 0.2) is 12.1 Å². The van der Waals surface area contributed by atoms with E-state index in [4.69, 9.17) is 15.7 Å². The molecule has 1 aromatic heterocycles. The van der Waals surface area contributed by atoms with Gasteiger partial charge in [0.2, 0.25) is 0 Å². The number of nitrogens with two attached hydrogens (primary N) is 1. The first kappa shape index (κ1) is 28.4. The lowest BCUT2D eigenvalue weighted by Crippen LogP contribution is -2.43. The second kappa shape index (κ2) is 10.8. The van der Waals surface area contributed by atoms with E-state index in [1.54, 1.807) is 0 Å². The van der Waals surface area contributed by atoms with Crippen molar-refractivity contribution in [3.05, 3.63) is 45.9 Å². The van der Waals surface area contributed by atoms with Crippen LogP contribution < -0.4 is 11.1 Å². The van der Waals surface area contributed by atoms with Crippen molar-refractivity contribution in [1.29, 1.82) is 5.26 Å². The standard InChI is InChI=1S/C34H47FN6/c1-5-34(17-23(35)20-41(34)6-2)16-13-30-38-29-18-33(15-12-25(29)32(40-30)39-28-10-7-22(28)4)14-11-21(3)24-8-9-27(37)26(19-36)31(24)33/h8-9,21-23,28H,5-7,10-18,20,37H2,1-4H3,(H,38,39,40). The number of halogens is 1. The third-order valence-electron chi connectivity index (χ3n) is 11.5. The van der Waals surface area contributed by atoms with Crippen molar-refractivity contribution < 1.29 is 4.39 Å². The largest absolute Gasteiger partial charge is 0.398 e. The topological polar surface area (TPSA) is 90.9 Å². The van der Waals surface area contributed by atoms with E-state index in [-0.39, 0.29) is 11.0 Å². The normalized spacial score (nSPS) is 32.7. The molecule has 3 aliphatic carbocycles. The van der Waals surface area contributed by atoms with Crippen LogP contribution in [0.5, 0.6) is 0 Å². The van der Waals surface area contributed by atoms with Crippen molar-refractivity contribution in [2.75, 3.05) is 24.1 Å². The van der Waals surface area contributed by atoms with E-state index >= 15 is 0 Å². The molecule has 1 aliphatic heterocycles. The summed E-state index contributed by atoms with van der Waals surface area (Å²) in [6.45, 7) is 10.3. The molecule has 7 heteroatoms. The molecule has 6 atom stereocenters. The summed E-state index contributed by atoms with van der Waals surface area (Å²) in [4.78, 5) is 12.8. The Kier molecular flexibility index (Phi) is 7.51. The van der Waals surface area contributed by atoms with Crippen LogP contribution in [-0.4, -0.2) is 45.7 Å². The zero-order valence-electron chi connectivity index (χ0n) is 25.4. The number of alkyl halides is 1. The van der Waals surface area contributed by atoms with Crippen LogP contribution in [0.2, 0.25) is 0 Å². The number of nitriles is 1. The summed E-state index contributed by atoms with van der Waals surface area (Å²) in [6.07, 6.45) is 9.68. The summed E-state index contributed by atoms with van der Waals surface area (Å²) < 4.78 is 14.6. The van der Waals surface area contributed by atoms with Crippen LogP contribution in [0.1, 0.15) is 119 Å². The summed E-state index contributed by atoms with van der Waals surface area (Å²) in [5.74, 6) is 2.95. The molecule has 41 heavy (non-hydrogen) atoms. The Bertz CT molecular complexity index is 1350. The van der Waals surface area contributed by atoms with E-state index in [1.165, 1.54) is 29.5 Å². The number of aromatic nitrogens is 2. The highest BCUT2D eigenvalue weighted by molar-refractivity contribution is 5.65. The number of rotatable bonds is 7. The molecule has 6 nitrogen and oxygen atoms in total. The van der Waals surface area contributed by atoms with Gasteiger partial charge in [-0.3, -0.25) is 4.90 Å². The molecule has 220 valence electrons. The highest BCUT2D eigenvalue weighted by atomic mass is 19.1. The van der Waals surface area contributed by atoms with Gasteiger partial charge >= 0.3 is 0 Å². The molecule has 3 N–H and O–H groups in total. The third-order valence-corrected chi connectivity index (χ3v) is 11.5. The van der Waals surface area contributed by atoms with Gasteiger partial charge in [0.15, 0.2) is 0 Å². The molecule has 1 saturated carbocycles. The fourth-order valence-corrected chi connectivity index (χ4v) is 8.64. The molecule has 6 unspecified atom stereocenters. The lowest BCUT2D eigenvalue weighted by atomic mass is 9.59. The average molecular weight is 559 g/mol. The monoisotopic (exact) mass is 558 g/mol. The number of aryl methyl sites for hydroxylation is 1. The molecule has 2 aromatic rings. The van der Waals surface area contributed by atoms with Gasteiger partial charge in [-0.05, 0) is 99.8 Å². The molecule has 0 radical (unpaired) electrons. The lowest BCUT2D eigenvalue weighted by Gasteiger charge is -2.45. The van der Waals surface area contributed by atoms with Crippen LogP contribution in [0, 0.1) is 17.2 Å². The average Bonchev–Trinajstić information content (AvgIpc) is 3.31. The lowest BCUT2D eigenvalue weighted by molar-refractivity contribution is 0.128.